The van der Waals surface area contributed by atoms with Gasteiger partial charge in [-0.1, -0.05) is 0 Å². The van der Waals surface area contributed by atoms with Crippen LogP contribution in [0.25, 0.3) is 0 Å². The molecule has 0 spiro atoms. The van der Waals surface area contributed by atoms with Crippen LogP contribution in [0.2, 0.25) is 0 Å². The summed E-state index contributed by atoms with van der Waals surface area (Å²) in [4.78, 5) is 0. The molecule has 0 N–H and O–H groups in total. The molecule has 3 nitrogen and oxygen atoms in total. The van der Waals surface area contributed by atoms with Crippen molar-refractivity contribution in [2.75, 3.05) is 27.4 Å². The van der Waals surface area contributed by atoms with Crippen molar-refractivity contribution in [1.29, 1.82) is 0 Å². The molecule has 1 fully saturated rings. The van der Waals surface area contributed by atoms with Crippen molar-refractivity contribution in [3.8, 4) is 11.5 Å². The summed E-state index contributed by atoms with van der Waals surface area (Å²) in [6, 6.07) is 5.70. The number of methoxy groups -OCH3 is 2. The van der Waals surface area contributed by atoms with E-state index in [9.17, 15) is 0 Å². The van der Waals surface area contributed by atoms with Crippen molar-refractivity contribution in [2.45, 2.75) is 11.8 Å². The highest BCUT2D eigenvalue weighted by molar-refractivity contribution is 6.21. The van der Waals surface area contributed by atoms with Crippen molar-refractivity contribution in [1.82, 2.24) is 0 Å². The molecule has 2 atom stereocenters. The van der Waals surface area contributed by atoms with Crippen molar-refractivity contribution < 1.29 is 14.2 Å². The second kappa shape index (κ2) is 5.61. The van der Waals surface area contributed by atoms with Gasteiger partial charge in [-0.25, -0.2) is 0 Å². The summed E-state index contributed by atoms with van der Waals surface area (Å²) in [5, 5.41) is -0.0949. The highest BCUT2D eigenvalue weighted by atomic mass is 35.5. The zero-order chi connectivity index (χ0) is 12.3. The first-order chi connectivity index (χ1) is 8.26. The summed E-state index contributed by atoms with van der Waals surface area (Å²) in [6.07, 6.45) is 0.995. The molecule has 17 heavy (non-hydrogen) atoms. The molecule has 94 valence electrons. The standard InChI is InChI=1S/C13H17ClO3/c1-15-10-3-4-12(16-2)11(7-10)13(14)9-5-6-17-8-9/h3-4,7,9,13H,5-6,8H2,1-2H3. The highest BCUT2D eigenvalue weighted by Gasteiger charge is 2.27. The van der Waals surface area contributed by atoms with Crippen LogP contribution in [0.4, 0.5) is 0 Å². The summed E-state index contributed by atoms with van der Waals surface area (Å²) in [6.45, 7) is 1.51. The van der Waals surface area contributed by atoms with Crippen LogP contribution < -0.4 is 9.47 Å². The quantitative estimate of drug-likeness (QED) is 0.775. The average molecular weight is 257 g/mol. The maximum Gasteiger partial charge on any atom is 0.123 e. The second-order valence-corrected chi connectivity index (χ2v) is 4.60. The zero-order valence-corrected chi connectivity index (χ0v) is 10.9. The van der Waals surface area contributed by atoms with Gasteiger partial charge in [-0.05, 0) is 24.6 Å². The molecule has 1 aliphatic rings. The number of hydrogen-bond donors (Lipinski definition) is 0. The molecular formula is C13H17ClO3. The van der Waals surface area contributed by atoms with E-state index in [-0.39, 0.29) is 5.38 Å². The largest absolute Gasteiger partial charge is 0.497 e. The van der Waals surface area contributed by atoms with E-state index >= 15 is 0 Å². The van der Waals surface area contributed by atoms with E-state index in [0.29, 0.717) is 12.5 Å². The van der Waals surface area contributed by atoms with Crippen LogP contribution in [0.15, 0.2) is 18.2 Å². The van der Waals surface area contributed by atoms with Gasteiger partial charge in [0, 0.05) is 18.1 Å². The Kier molecular flexibility index (Phi) is 4.13. The molecule has 2 rings (SSSR count). The number of hydrogen-bond acceptors (Lipinski definition) is 3. The first-order valence-electron chi connectivity index (χ1n) is 5.70. The van der Waals surface area contributed by atoms with Crippen LogP contribution in [-0.4, -0.2) is 27.4 Å². The molecule has 1 aromatic carbocycles. The van der Waals surface area contributed by atoms with Crippen molar-refractivity contribution in [3.63, 3.8) is 0 Å². The molecule has 1 heterocycles. The monoisotopic (exact) mass is 256 g/mol. The lowest BCUT2D eigenvalue weighted by atomic mass is 9.97. The Morgan fingerprint density at radius 3 is 2.76 bits per heavy atom. The SMILES string of the molecule is COc1ccc(OC)c(C(Cl)C2CCOC2)c1. The molecule has 1 aromatic rings. The van der Waals surface area contributed by atoms with E-state index in [1.54, 1.807) is 14.2 Å². The van der Waals surface area contributed by atoms with Gasteiger partial charge in [0.1, 0.15) is 11.5 Å². The lowest BCUT2D eigenvalue weighted by Gasteiger charge is -2.19. The van der Waals surface area contributed by atoms with Crippen LogP contribution in [0, 0.1) is 5.92 Å². The minimum Gasteiger partial charge on any atom is -0.497 e. The Hall–Kier alpha value is -0.930. The molecule has 1 saturated heterocycles. The maximum absolute atomic E-state index is 6.51. The summed E-state index contributed by atoms with van der Waals surface area (Å²) in [5.41, 5.74) is 0.976. The Balaban J connectivity index is 2.27. The first kappa shape index (κ1) is 12.5. The Bertz CT molecular complexity index is 375. The summed E-state index contributed by atoms with van der Waals surface area (Å²) >= 11 is 6.51. The number of rotatable bonds is 4. The predicted octanol–water partition coefficient (Wildman–Crippen LogP) is 3.02. The third-order valence-corrected chi connectivity index (χ3v) is 3.70. The lowest BCUT2D eigenvalue weighted by Crippen LogP contribution is -2.09. The Morgan fingerprint density at radius 2 is 2.18 bits per heavy atom. The smallest absolute Gasteiger partial charge is 0.123 e. The second-order valence-electron chi connectivity index (χ2n) is 4.13. The van der Waals surface area contributed by atoms with Gasteiger partial charge in [-0.15, -0.1) is 11.6 Å². The number of alkyl halides is 1. The summed E-state index contributed by atoms with van der Waals surface area (Å²) < 4.78 is 15.9. The molecule has 2 unspecified atom stereocenters. The summed E-state index contributed by atoms with van der Waals surface area (Å²) in [7, 11) is 3.30. The van der Waals surface area contributed by atoms with Crippen molar-refractivity contribution in [3.05, 3.63) is 23.8 Å². The molecule has 0 bridgehead atoms. The van der Waals surface area contributed by atoms with Gasteiger partial charge in [0.2, 0.25) is 0 Å². The van der Waals surface area contributed by atoms with E-state index in [4.69, 9.17) is 25.8 Å². The number of benzene rings is 1. The van der Waals surface area contributed by atoms with Gasteiger partial charge in [-0.2, -0.15) is 0 Å². The molecule has 0 aromatic heterocycles. The third kappa shape index (κ3) is 2.67. The molecule has 0 aliphatic carbocycles. The minimum absolute atomic E-state index is 0.0949. The Labute approximate surface area is 107 Å². The molecular weight excluding hydrogens is 240 g/mol. The molecule has 4 heteroatoms. The molecule has 0 amide bonds. The van der Waals surface area contributed by atoms with Crippen molar-refractivity contribution in [2.24, 2.45) is 5.92 Å². The normalized spacial score (nSPS) is 21.2. The predicted molar refractivity (Wildman–Crippen MR) is 67.1 cm³/mol. The number of halogens is 1. The van der Waals surface area contributed by atoms with Crippen LogP contribution in [0.1, 0.15) is 17.4 Å². The van der Waals surface area contributed by atoms with Crippen LogP contribution >= 0.6 is 11.6 Å². The fourth-order valence-corrected chi connectivity index (χ4v) is 2.46. The van der Waals surface area contributed by atoms with Crippen molar-refractivity contribution >= 4 is 11.6 Å². The fourth-order valence-electron chi connectivity index (χ4n) is 2.09. The van der Waals surface area contributed by atoms with Crippen LogP contribution in [0.5, 0.6) is 11.5 Å². The molecule has 1 aliphatic heterocycles. The fraction of sp³-hybridized carbons (Fsp3) is 0.538. The van der Waals surface area contributed by atoms with Gasteiger partial charge in [-0.3, -0.25) is 0 Å². The minimum atomic E-state index is -0.0949. The van der Waals surface area contributed by atoms with E-state index in [2.05, 4.69) is 0 Å². The van der Waals surface area contributed by atoms with E-state index in [0.717, 1.165) is 30.1 Å². The highest BCUT2D eigenvalue weighted by Crippen LogP contribution is 2.40. The van der Waals surface area contributed by atoms with Gasteiger partial charge < -0.3 is 14.2 Å². The van der Waals surface area contributed by atoms with Gasteiger partial charge >= 0.3 is 0 Å². The lowest BCUT2D eigenvalue weighted by molar-refractivity contribution is 0.185. The van der Waals surface area contributed by atoms with Gasteiger partial charge in [0.25, 0.3) is 0 Å². The van der Waals surface area contributed by atoms with E-state index in [1.165, 1.54) is 0 Å². The maximum atomic E-state index is 6.51. The molecule has 0 radical (unpaired) electrons. The van der Waals surface area contributed by atoms with Crippen LogP contribution in [0.3, 0.4) is 0 Å². The first-order valence-corrected chi connectivity index (χ1v) is 6.13. The van der Waals surface area contributed by atoms with Gasteiger partial charge in [0.05, 0.1) is 26.2 Å². The van der Waals surface area contributed by atoms with Gasteiger partial charge in [0.15, 0.2) is 0 Å². The summed E-state index contributed by atoms with van der Waals surface area (Å²) in [5.74, 6) is 1.95. The van der Waals surface area contributed by atoms with E-state index < -0.39 is 0 Å². The Morgan fingerprint density at radius 1 is 1.35 bits per heavy atom. The number of ether oxygens (including phenoxy) is 3. The topological polar surface area (TPSA) is 27.7 Å². The van der Waals surface area contributed by atoms with Crippen LogP contribution in [-0.2, 0) is 4.74 Å². The van der Waals surface area contributed by atoms with E-state index in [1.807, 2.05) is 18.2 Å². The zero-order valence-electron chi connectivity index (χ0n) is 10.1. The average Bonchev–Trinajstić information content (AvgIpc) is 2.91. The third-order valence-electron chi connectivity index (χ3n) is 3.11. The molecule has 0 saturated carbocycles.